The number of unbranched alkanes of at least 4 members (excludes halogenated alkanes) is 1. The van der Waals surface area contributed by atoms with Crippen molar-refractivity contribution in [2.45, 2.75) is 46.1 Å². The maximum absolute atomic E-state index is 12.2. The van der Waals surface area contributed by atoms with E-state index in [2.05, 4.69) is 0 Å². The Morgan fingerprint density at radius 1 is 1.37 bits per heavy atom. The lowest BCUT2D eigenvalue weighted by atomic mass is 10.1. The fourth-order valence-corrected chi connectivity index (χ4v) is 3.23. The molecule has 0 spiro atoms. The van der Waals surface area contributed by atoms with Crippen LogP contribution in [0.3, 0.4) is 0 Å². The van der Waals surface area contributed by atoms with Gasteiger partial charge in [0, 0.05) is 12.0 Å². The third kappa shape index (κ3) is 4.57. The molecule has 5 heteroatoms. The molecule has 0 aliphatic rings. The minimum atomic E-state index is -3.95. The van der Waals surface area contributed by atoms with Gasteiger partial charge in [0.1, 0.15) is 0 Å². The maximum Gasteiger partial charge on any atom is 0.359 e. The molecule has 106 valence electrons. The summed E-state index contributed by atoms with van der Waals surface area (Å²) in [6.45, 7) is 5.37. The van der Waals surface area contributed by atoms with Crippen molar-refractivity contribution in [3.8, 4) is 0 Å². The molecule has 0 saturated heterocycles. The van der Waals surface area contributed by atoms with Gasteiger partial charge in [-0.3, -0.25) is 9.36 Å². The van der Waals surface area contributed by atoms with Crippen molar-refractivity contribution in [1.29, 1.82) is 0 Å². The van der Waals surface area contributed by atoms with Crippen molar-refractivity contribution < 1.29 is 18.8 Å². The van der Waals surface area contributed by atoms with Crippen molar-refractivity contribution in [3.05, 3.63) is 29.8 Å². The van der Waals surface area contributed by atoms with Gasteiger partial charge in [-0.2, -0.15) is 0 Å². The second-order valence-electron chi connectivity index (χ2n) is 4.72. The number of carbonyl (C=O) groups is 1. The van der Waals surface area contributed by atoms with E-state index in [-0.39, 0.29) is 17.2 Å². The van der Waals surface area contributed by atoms with E-state index < -0.39 is 7.60 Å². The van der Waals surface area contributed by atoms with E-state index in [9.17, 15) is 14.3 Å². The third-order valence-corrected chi connectivity index (χ3v) is 4.33. The summed E-state index contributed by atoms with van der Waals surface area (Å²) in [5.41, 5.74) is 0.294. The summed E-state index contributed by atoms with van der Waals surface area (Å²) in [7, 11) is -3.95. The lowest BCUT2D eigenvalue weighted by molar-refractivity contribution is 0.0980. The standard InChI is InChI=1S/C14H21O4P/c1-4-5-9-13(15)12-8-6-7-10-14(12)19(16,17)18-11(2)3/h6-8,10-11H,4-5,9H2,1-3H3,(H,16,17). The first-order valence-electron chi connectivity index (χ1n) is 6.52. The zero-order chi connectivity index (χ0) is 14.5. The van der Waals surface area contributed by atoms with Crippen LogP contribution in [0.4, 0.5) is 0 Å². The van der Waals surface area contributed by atoms with Crippen LogP contribution in [0, 0.1) is 0 Å². The van der Waals surface area contributed by atoms with Crippen LogP contribution in [0.15, 0.2) is 24.3 Å². The summed E-state index contributed by atoms with van der Waals surface area (Å²) in [4.78, 5) is 22.1. The summed E-state index contributed by atoms with van der Waals surface area (Å²) >= 11 is 0. The van der Waals surface area contributed by atoms with Crippen molar-refractivity contribution >= 4 is 18.7 Å². The Kier molecular flexibility index (Phi) is 5.92. The van der Waals surface area contributed by atoms with Gasteiger partial charge in [-0.15, -0.1) is 0 Å². The van der Waals surface area contributed by atoms with Gasteiger partial charge in [0.05, 0.1) is 11.4 Å². The Labute approximate surface area is 114 Å². The zero-order valence-corrected chi connectivity index (χ0v) is 12.5. The van der Waals surface area contributed by atoms with Crippen LogP contribution in [0.25, 0.3) is 0 Å². The van der Waals surface area contributed by atoms with Crippen LogP contribution in [-0.4, -0.2) is 16.8 Å². The molecule has 1 rings (SSSR count). The first kappa shape index (κ1) is 16.1. The van der Waals surface area contributed by atoms with Gasteiger partial charge in [-0.25, -0.2) is 0 Å². The molecule has 1 aromatic rings. The highest BCUT2D eigenvalue weighted by Gasteiger charge is 2.29. The maximum atomic E-state index is 12.2. The Hall–Kier alpha value is -0.960. The topological polar surface area (TPSA) is 63.6 Å². The largest absolute Gasteiger partial charge is 0.359 e. The lowest BCUT2D eigenvalue weighted by Gasteiger charge is -2.17. The SMILES string of the molecule is CCCCC(=O)c1ccccc1P(=O)(O)OC(C)C. The lowest BCUT2D eigenvalue weighted by Crippen LogP contribution is -2.19. The number of hydrogen-bond acceptors (Lipinski definition) is 3. The van der Waals surface area contributed by atoms with Crippen LogP contribution in [0.2, 0.25) is 0 Å². The van der Waals surface area contributed by atoms with E-state index in [1.54, 1.807) is 32.0 Å². The predicted octanol–water partition coefficient (Wildman–Crippen LogP) is 3.30. The molecule has 1 unspecified atom stereocenters. The van der Waals surface area contributed by atoms with E-state index >= 15 is 0 Å². The molecule has 0 aromatic heterocycles. The summed E-state index contributed by atoms with van der Waals surface area (Å²) in [6, 6.07) is 6.40. The summed E-state index contributed by atoms with van der Waals surface area (Å²) in [6.07, 6.45) is 1.69. The predicted molar refractivity (Wildman–Crippen MR) is 76.0 cm³/mol. The number of hydrogen-bond donors (Lipinski definition) is 1. The average Bonchev–Trinajstić information content (AvgIpc) is 2.34. The van der Waals surface area contributed by atoms with Crippen molar-refractivity contribution in [2.75, 3.05) is 0 Å². The molecule has 19 heavy (non-hydrogen) atoms. The molecular formula is C14H21O4P. The molecule has 0 aliphatic carbocycles. The molecular weight excluding hydrogens is 263 g/mol. The van der Waals surface area contributed by atoms with E-state index in [1.165, 1.54) is 6.07 Å². The first-order valence-corrected chi connectivity index (χ1v) is 8.10. The quantitative estimate of drug-likeness (QED) is 0.616. The van der Waals surface area contributed by atoms with Crippen molar-refractivity contribution in [1.82, 2.24) is 0 Å². The molecule has 0 heterocycles. The minimum Gasteiger partial charge on any atom is -0.321 e. The van der Waals surface area contributed by atoms with Crippen LogP contribution < -0.4 is 5.30 Å². The molecule has 0 saturated carbocycles. The molecule has 0 bridgehead atoms. The van der Waals surface area contributed by atoms with E-state index in [0.717, 1.165) is 12.8 Å². The van der Waals surface area contributed by atoms with E-state index in [0.29, 0.717) is 12.0 Å². The zero-order valence-electron chi connectivity index (χ0n) is 11.6. The monoisotopic (exact) mass is 284 g/mol. The Morgan fingerprint density at radius 3 is 2.58 bits per heavy atom. The number of carbonyl (C=O) groups excluding carboxylic acids is 1. The highest BCUT2D eigenvalue weighted by molar-refractivity contribution is 7.61. The van der Waals surface area contributed by atoms with Gasteiger partial charge in [-0.1, -0.05) is 31.5 Å². The minimum absolute atomic E-state index is 0.102. The third-order valence-electron chi connectivity index (χ3n) is 2.62. The van der Waals surface area contributed by atoms with Crippen LogP contribution in [0.5, 0.6) is 0 Å². The fourth-order valence-electron chi connectivity index (χ4n) is 1.77. The van der Waals surface area contributed by atoms with Gasteiger partial charge < -0.3 is 9.42 Å². The summed E-state index contributed by atoms with van der Waals surface area (Å²) < 4.78 is 17.3. The molecule has 1 N–H and O–H groups in total. The smallest absolute Gasteiger partial charge is 0.321 e. The summed E-state index contributed by atoms with van der Waals surface area (Å²) in [5, 5.41) is 0.102. The number of ketones is 1. The number of Topliss-reactive ketones (excluding diaryl/α,β-unsaturated/α-hetero) is 1. The van der Waals surface area contributed by atoms with Crippen LogP contribution in [-0.2, 0) is 9.09 Å². The Balaban J connectivity index is 3.08. The normalized spacial score (nSPS) is 14.4. The van der Waals surface area contributed by atoms with Crippen LogP contribution >= 0.6 is 7.60 Å². The molecule has 0 aliphatic heterocycles. The molecule has 0 radical (unpaired) electrons. The average molecular weight is 284 g/mol. The van der Waals surface area contributed by atoms with E-state index in [4.69, 9.17) is 4.52 Å². The van der Waals surface area contributed by atoms with Gasteiger partial charge in [0.2, 0.25) is 0 Å². The molecule has 4 nitrogen and oxygen atoms in total. The molecule has 1 aromatic carbocycles. The molecule has 0 amide bonds. The molecule has 1 atom stereocenters. The molecule has 0 fully saturated rings. The Bertz CT molecular complexity index is 482. The van der Waals surface area contributed by atoms with Crippen molar-refractivity contribution in [2.24, 2.45) is 0 Å². The van der Waals surface area contributed by atoms with Crippen LogP contribution in [0.1, 0.15) is 50.4 Å². The number of rotatable bonds is 7. The van der Waals surface area contributed by atoms with Gasteiger partial charge in [0.25, 0.3) is 0 Å². The fraction of sp³-hybridized carbons (Fsp3) is 0.500. The second-order valence-corrected chi connectivity index (χ2v) is 6.45. The van der Waals surface area contributed by atoms with E-state index in [1.807, 2.05) is 6.92 Å². The van der Waals surface area contributed by atoms with Gasteiger partial charge >= 0.3 is 7.60 Å². The van der Waals surface area contributed by atoms with Crippen molar-refractivity contribution in [3.63, 3.8) is 0 Å². The Morgan fingerprint density at radius 2 is 2.00 bits per heavy atom. The second kappa shape index (κ2) is 6.99. The number of benzene rings is 1. The highest BCUT2D eigenvalue weighted by Crippen LogP contribution is 2.43. The van der Waals surface area contributed by atoms with Gasteiger partial charge in [0.15, 0.2) is 5.78 Å². The highest BCUT2D eigenvalue weighted by atomic mass is 31.2. The van der Waals surface area contributed by atoms with Gasteiger partial charge in [-0.05, 0) is 26.3 Å². The first-order chi connectivity index (χ1) is 8.88. The summed E-state index contributed by atoms with van der Waals surface area (Å²) in [5.74, 6) is -0.112.